The van der Waals surface area contributed by atoms with E-state index in [-0.39, 0.29) is 12.5 Å². The number of anilines is 2. The number of hydrogen-bond acceptors (Lipinski definition) is 7. The van der Waals surface area contributed by atoms with Crippen molar-refractivity contribution in [3.8, 4) is 5.75 Å². The van der Waals surface area contributed by atoms with Gasteiger partial charge in [-0.25, -0.2) is 14.6 Å². The fourth-order valence-corrected chi connectivity index (χ4v) is 4.13. The standard InChI is InChI=1S/C25H27N7O2/c33-23(18-34-21-9-5-2-6-10-21)26-11-12-32-25-22(17-29-32)24(27-19-28-25)31-15-13-30(14-16-31)20-7-3-1-4-8-20/h1-10,17,19H,11-16,18H2,(H,26,33). The molecular weight excluding hydrogens is 430 g/mol. The molecule has 9 heteroatoms. The number of nitrogens with zero attached hydrogens (tertiary/aromatic N) is 6. The van der Waals surface area contributed by atoms with Gasteiger partial charge >= 0.3 is 0 Å². The highest BCUT2D eigenvalue weighted by molar-refractivity contribution is 5.86. The van der Waals surface area contributed by atoms with Crippen LogP contribution in [0.1, 0.15) is 0 Å². The van der Waals surface area contributed by atoms with Crippen LogP contribution < -0.4 is 19.9 Å². The summed E-state index contributed by atoms with van der Waals surface area (Å²) in [7, 11) is 0. The third kappa shape index (κ3) is 4.93. The lowest BCUT2D eigenvalue weighted by molar-refractivity contribution is -0.123. The van der Waals surface area contributed by atoms with E-state index in [0.717, 1.165) is 43.0 Å². The predicted octanol–water partition coefficient (Wildman–Crippen LogP) is 2.35. The molecular formula is C25H27N7O2. The summed E-state index contributed by atoms with van der Waals surface area (Å²) < 4.78 is 7.29. The molecule has 2 aromatic heterocycles. The quantitative estimate of drug-likeness (QED) is 0.435. The molecule has 0 aliphatic carbocycles. The van der Waals surface area contributed by atoms with Gasteiger partial charge in [-0.05, 0) is 24.3 Å². The number of amides is 1. The van der Waals surface area contributed by atoms with E-state index in [2.05, 4.69) is 54.4 Å². The SMILES string of the molecule is O=C(COc1ccccc1)NCCn1ncc2c(N3CCN(c4ccccc4)CC3)ncnc21. The van der Waals surface area contributed by atoms with Gasteiger partial charge in [-0.3, -0.25) is 4.79 Å². The Bertz CT molecular complexity index is 1220. The van der Waals surface area contributed by atoms with E-state index in [1.165, 1.54) is 5.69 Å². The lowest BCUT2D eigenvalue weighted by atomic mass is 10.2. The molecule has 0 unspecified atom stereocenters. The Labute approximate surface area is 198 Å². The van der Waals surface area contributed by atoms with Crippen LogP contribution in [0, 0.1) is 0 Å². The summed E-state index contributed by atoms with van der Waals surface area (Å²) in [6, 6.07) is 19.8. The van der Waals surface area contributed by atoms with Crippen molar-refractivity contribution in [2.45, 2.75) is 6.54 Å². The molecule has 0 spiro atoms. The average molecular weight is 458 g/mol. The largest absolute Gasteiger partial charge is 0.484 e. The highest BCUT2D eigenvalue weighted by Crippen LogP contribution is 2.25. The zero-order valence-corrected chi connectivity index (χ0v) is 18.9. The Kier molecular flexibility index (Phi) is 6.51. The summed E-state index contributed by atoms with van der Waals surface area (Å²) in [5.74, 6) is 1.40. The van der Waals surface area contributed by atoms with Crippen molar-refractivity contribution >= 4 is 28.4 Å². The van der Waals surface area contributed by atoms with Gasteiger partial charge in [-0.1, -0.05) is 36.4 Å². The molecule has 1 fully saturated rings. The van der Waals surface area contributed by atoms with E-state index in [1.807, 2.05) is 42.6 Å². The van der Waals surface area contributed by atoms with Crippen molar-refractivity contribution in [3.63, 3.8) is 0 Å². The maximum atomic E-state index is 12.1. The Morgan fingerprint density at radius 2 is 1.62 bits per heavy atom. The molecule has 1 saturated heterocycles. The molecule has 4 aromatic rings. The second-order valence-corrected chi connectivity index (χ2v) is 8.06. The van der Waals surface area contributed by atoms with Gasteiger partial charge in [0.05, 0.1) is 18.1 Å². The van der Waals surface area contributed by atoms with Gasteiger partial charge in [-0.15, -0.1) is 0 Å². The number of para-hydroxylation sites is 2. The lowest BCUT2D eigenvalue weighted by Gasteiger charge is -2.36. The van der Waals surface area contributed by atoms with Crippen LogP contribution in [0.4, 0.5) is 11.5 Å². The number of carbonyl (C=O) groups excluding carboxylic acids is 1. The number of hydrogen-bond donors (Lipinski definition) is 1. The second kappa shape index (κ2) is 10.2. The second-order valence-electron chi connectivity index (χ2n) is 8.06. The molecule has 0 atom stereocenters. The highest BCUT2D eigenvalue weighted by atomic mass is 16.5. The van der Waals surface area contributed by atoms with Gasteiger partial charge in [0.15, 0.2) is 12.3 Å². The first-order chi connectivity index (χ1) is 16.8. The molecule has 9 nitrogen and oxygen atoms in total. The van der Waals surface area contributed by atoms with Crippen LogP contribution in [0.2, 0.25) is 0 Å². The van der Waals surface area contributed by atoms with Gasteiger partial charge in [0.1, 0.15) is 17.9 Å². The minimum Gasteiger partial charge on any atom is -0.484 e. The van der Waals surface area contributed by atoms with Crippen LogP contribution in [0.5, 0.6) is 5.75 Å². The minimum atomic E-state index is -0.174. The van der Waals surface area contributed by atoms with Crippen LogP contribution in [-0.4, -0.2) is 65.0 Å². The smallest absolute Gasteiger partial charge is 0.258 e. The number of ether oxygens (including phenoxy) is 1. The van der Waals surface area contributed by atoms with Crippen LogP contribution in [0.25, 0.3) is 11.0 Å². The minimum absolute atomic E-state index is 0.0227. The topological polar surface area (TPSA) is 88.4 Å². The first kappa shape index (κ1) is 21.7. The number of rotatable bonds is 8. The lowest BCUT2D eigenvalue weighted by Crippen LogP contribution is -2.46. The monoisotopic (exact) mass is 457 g/mol. The zero-order chi connectivity index (χ0) is 23.2. The molecule has 1 amide bonds. The van der Waals surface area contributed by atoms with Crippen molar-refractivity contribution in [3.05, 3.63) is 73.2 Å². The third-order valence-electron chi connectivity index (χ3n) is 5.87. The van der Waals surface area contributed by atoms with Crippen molar-refractivity contribution in [1.29, 1.82) is 0 Å². The zero-order valence-electron chi connectivity index (χ0n) is 18.9. The number of piperazine rings is 1. The molecule has 3 heterocycles. The number of carbonyl (C=O) groups is 1. The first-order valence-electron chi connectivity index (χ1n) is 11.4. The van der Waals surface area contributed by atoms with Gasteiger partial charge < -0.3 is 19.9 Å². The number of nitrogens with one attached hydrogen (secondary N) is 1. The Morgan fingerprint density at radius 1 is 0.912 bits per heavy atom. The van der Waals surface area contributed by atoms with Crippen molar-refractivity contribution in [2.24, 2.45) is 0 Å². The first-order valence-corrected chi connectivity index (χ1v) is 11.4. The Morgan fingerprint density at radius 3 is 2.38 bits per heavy atom. The third-order valence-corrected chi connectivity index (χ3v) is 5.87. The summed E-state index contributed by atoms with van der Waals surface area (Å²) in [6.45, 7) is 4.54. The van der Waals surface area contributed by atoms with Gasteiger partial charge in [-0.2, -0.15) is 5.10 Å². The summed E-state index contributed by atoms with van der Waals surface area (Å²) >= 11 is 0. The van der Waals surface area contributed by atoms with E-state index in [1.54, 1.807) is 11.0 Å². The molecule has 0 radical (unpaired) electrons. The maximum absolute atomic E-state index is 12.1. The molecule has 5 rings (SSSR count). The molecule has 1 aliphatic rings. The molecule has 174 valence electrons. The van der Waals surface area contributed by atoms with Crippen molar-refractivity contribution in [2.75, 3.05) is 49.1 Å². The summed E-state index contributed by atoms with van der Waals surface area (Å²) in [5, 5.41) is 8.29. The van der Waals surface area contributed by atoms with E-state index in [4.69, 9.17) is 4.74 Å². The molecule has 34 heavy (non-hydrogen) atoms. The Balaban J connectivity index is 1.16. The van der Waals surface area contributed by atoms with Gasteiger partial charge in [0, 0.05) is 38.4 Å². The molecule has 0 saturated carbocycles. The number of fused-ring (bicyclic) bond motifs is 1. The van der Waals surface area contributed by atoms with Crippen LogP contribution >= 0.6 is 0 Å². The number of benzene rings is 2. The molecule has 0 bridgehead atoms. The van der Waals surface area contributed by atoms with E-state index in [0.29, 0.717) is 18.8 Å². The summed E-state index contributed by atoms with van der Waals surface area (Å²) in [6.07, 6.45) is 3.40. The summed E-state index contributed by atoms with van der Waals surface area (Å²) in [5.41, 5.74) is 2.02. The fraction of sp³-hybridized carbons (Fsp3) is 0.280. The van der Waals surface area contributed by atoms with Gasteiger partial charge in [0.2, 0.25) is 0 Å². The van der Waals surface area contributed by atoms with E-state index < -0.39 is 0 Å². The molecule has 2 aromatic carbocycles. The molecule has 1 N–H and O–H groups in total. The summed E-state index contributed by atoms with van der Waals surface area (Å²) in [4.78, 5) is 25.8. The van der Waals surface area contributed by atoms with Crippen molar-refractivity contribution in [1.82, 2.24) is 25.1 Å². The predicted molar refractivity (Wildman–Crippen MR) is 131 cm³/mol. The van der Waals surface area contributed by atoms with E-state index >= 15 is 0 Å². The highest BCUT2D eigenvalue weighted by Gasteiger charge is 2.21. The fourth-order valence-electron chi connectivity index (χ4n) is 4.13. The van der Waals surface area contributed by atoms with Crippen LogP contribution in [0.15, 0.2) is 73.2 Å². The van der Waals surface area contributed by atoms with E-state index in [9.17, 15) is 4.79 Å². The Hall–Kier alpha value is -4.14. The average Bonchev–Trinajstić information content (AvgIpc) is 3.32. The van der Waals surface area contributed by atoms with Crippen LogP contribution in [0.3, 0.4) is 0 Å². The number of aromatic nitrogens is 4. The normalized spacial score (nSPS) is 13.8. The maximum Gasteiger partial charge on any atom is 0.258 e. The molecule has 1 aliphatic heterocycles. The van der Waals surface area contributed by atoms with Crippen LogP contribution in [-0.2, 0) is 11.3 Å². The van der Waals surface area contributed by atoms with Gasteiger partial charge in [0.25, 0.3) is 5.91 Å². The van der Waals surface area contributed by atoms with Crippen molar-refractivity contribution < 1.29 is 9.53 Å².